The van der Waals surface area contributed by atoms with Gasteiger partial charge in [0.1, 0.15) is 5.56 Å². The first-order chi connectivity index (χ1) is 7.93. The fraction of sp³-hybridized carbons (Fsp3) is 0.300. The monoisotopic (exact) mass is 245 g/mol. The summed E-state index contributed by atoms with van der Waals surface area (Å²) >= 11 is 0. The van der Waals surface area contributed by atoms with Crippen LogP contribution in [0.5, 0.6) is 11.5 Å². The van der Waals surface area contributed by atoms with E-state index >= 15 is 0 Å². The molecule has 2 N–H and O–H groups in total. The molecule has 0 amide bonds. The Bertz CT molecular complexity index is 476. The maximum atomic E-state index is 12.9. The van der Waals surface area contributed by atoms with E-state index in [1.807, 2.05) is 0 Å². The third-order valence-corrected chi connectivity index (χ3v) is 2.02. The van der Waals surface area contributed by atoms with Gasteiger partial charge in [0.25, 0.3) is 0 Å². The van der Waals surface area contributed by atoms with E-state index in [4.69, 9.17) is 10.5 Å². The topological polar surface area (TPSA) is 70.8 Å². The highest BCUT2D eigenvalue weighted by molar-refractivity contribution is 5.95. The highest BCUT2D eigenvalue weighted by Crippen LogP contribution is 2.44. The van der Waals surface area contributed by atoms with Crippen molar-refractivity contribution in [2.75, 3.05) is 12.3 Å². The summed E-state index contributed by atoms with van der Waals surface area (Å²) in [6, 6.07) is 2.35. The Morgan fingerprint density at radius 1 is 1.47 bits per heavy atom. The fourth-order valence-electron chi connectivity index (χ4n) is 1.43. The summed E-state index contributed by atoms with van der Waals surface area (Å²) in [5, 5.41) is 0. The first kappa shape index (κ1) is 11.4. The molecular weight excluding hydrogens is 236 g/mol. The van der Waals surface area contributed by atoms with Crippen LogP contribution in [0.1, 0.15) is 17.3 Å². The van der Waals surface area contributed by atoms with Crippen molar-refractivity contribution >= 4 is 11.7 Å². The minimum atomic E-state index is -3.79. The smallest absolute Gasteiger partial charge is 0.462 e. The molecule has 0 atom stereocenters. The van der Waals surface area contributed by atoms with Crippen LogP contribution in [-0.4, -0.2) is 18.9 Å². The summed E-state index contributed by atoms with van der Waals surface area (Å²) in [5.41, 5.74) is 5.39. The number of hydrogen-bond acceptors (Lipinski definition) is 5. The van der Waals surface area contributed by atoms with Gasteiger partial charge < -0.3 is 19.9 Å². The molecule has 0 unspecified atom stereocenters. The van der Waals surface area contributed by atoms with Crippen molar-refractivity contribution in [3.05, 3.63) is 17.7 Å². The minimum Gasteiger partial charge on any atom is -0.462 e. The summed E-state index contributed by atoms with van der Waals surface area (Å²) in [5.74, 6) is -1.43. The average molecular weight is 245 g/mol. The summed E-state index contributed by atoms with van der Waals surface area (Å²) in [4.78, 5) is 11.5. The number of benzene rings is 1. The molecule has 1 aromatic carbocycles. The number of carbonyl (C=O) groups excluding carboxylic acids is 1. The Balaban J connectivity index is 2.45. The lowest BCUT2D eigenvalue weighted by atomic mass is 10.1. The van der Waals surface area contributed by atoms with Gasteiger partial charge in [-0.25, -0.2) is 4.79 Å². The van der Waals surface area contributed by atoms with Gasteiger partial charge in [-0.3, -0.25) is 0 Å². The van der Waals surface area contributed by atoms with Crippen molar-refractivity contribution in [2.45, 2.75) is 13.2 Å². The summed E-state index contributed by atoms with van der Waals surface area (Å²) in [6.07, 6.45) is -3.79. The first-order valence-corrected chi connectivity index (χ1v) is 4.79. The number of anilines is 1. The maximum Gasteiger partial charge on any atom is 0.586 e. The largest absolute Gasteiger partial charge is 0.586 e. The van der Waals surface area contributed by atoms with Crippen LogP contribution in [0.15, 0.2) is 12.1 Å². The normalized spacial score (nSPS) is 15.7. The zero-order valence-electron chi connectivity index (χ0n) is 8.83. The lowest BCUT2D eigenvalue weighted by Gasteiger charge is -2.07. The molecule has 0 fully saturated rings. The molecule has 0 saturated heterocycles. The molecule has 0 saturated carbocycles. The molecule has 0 aliphatic carbocycles. The molecule has 0 aromatic heterocycles. The van der Waals surface area contributed by atoms with Crippen LogP contribution in [0.2, 0.25) is 0 Å². The van der Waals surface area contributed by atoms with Crippen LogP contribution in [0.4, 0.5) is 14.5 Å². The third kappa shape index (κ3) is 2.08. The number of nitrogens with two attached hydrogens (primary N) is 1. The van der Waals surface area contributed by atoms with Gasteiger partial charge in [-0.15, -0.1) is 8.78 Å². The second-order valence-electron chi connectivity index (χ2n) is 3.28. The lowest BCUT2D eigenvalue weighted by molar-refractivity contribution is -0.286. The van der Waals surface area contributed by atoms with Crippen LogP contribution in [0.3, 0.4) is 0 Å². The van der Waals surface area contributed by atoms with E-state index in [2.05, 4.69) is 9.47 Å². The zero-order chi connectivity index (χ0) is 12.6. The van der Waals surface area contributed by atoms with Crippen LogP contribution >= 0.6 is 0 Å². The highest BCUT2D eigenvalue weighted by Gasteiger charge is 2.45. The average Bonchev–Trinajstić information content (AvgIpc) is 2.51. The second kappa shape index (κ2) is 3.76. The van der Waals surface area contributed by atoms with Gasteiger partial charge >= 0.3 is 12.3 Å². The Morgan fingerprint density at radius 3 is 2.82 bits per heavy atom. The van der Waals surface area contributed by atoms with Crippen LogP contribution < -0.4 is 15.2 Å². The SMILES string of the molecule is CCOC(=O)c1cc(N)cc2c1OC(F)(F)O2. The molecule has 2 rings (SSSR count). The predicted octanol–water partition coefficient (Wildman–Crippen LogP) is 1.77. The van der Waals surface area contributed by atoms with E-state index in [0.717, 1.165) is 6.07 Å². The van der Waals surface area contributed by atoms with Gasteiger partial charge in [-0.1, -0.05) is 0 Å². The van der Waals surface area contributed by atoms with Crippen molar-refractivity contribution in [3.63, 3.8) is 0 Å². The number of rotatable bonds is 2. The molecule has 1 aromatic rings. The number of nitrogen functional groups attached to an aromatic ring is 1. The molecule has 0 spiro atoms. The lowest BCUT2D eigenvalue weighted by Crippen LogP contribution is -2.26. The Kier molecular flexibility index (Phi) is 2.53. The standard InChI is InChI=1S/C10H9F2NO4/c1-2-15-9(14)6-3-5(13)4-7-8(6)17-10(11,12)16-7/h3-4H,2,13H2,1H3. The van der Waals surface area contributed by atoms with E-state index in [1.54, 1.807) is 6.92 Å². The van der Waals surface area contributed by atoms with Crippen LogP contribution in [0, 0.1) is 0 Å². The van der Waals surface area contributed by atoms with Gasteiger partial charge in [0.2, 0.25) is 0 Å². The van der Waals surface area contributed by atoms with Gasteiger partial charge in [0.15, 0.2) is 11.5 Å². The quantitative estimate of drug-likeness (QED) is 0.635. The number of ether oxygens (including phenoxy) is 3. The van der Waals surface area contributed by atoms with Gasteiger partial charge in [0.05, 0.1) is 6.61 Å². The number of halogens is 2. The summed E-state index contributed by atoms with van der Waals surface area (Å²) < 4.78 is 38.9. The van der Waals surface area contributed by atoms with Gasteiger partial charge in [0, 0.05) is 11.8 Å². The molecular formula is C10H9F2NO4. The Labute approximate surface area is 95.1 Å². The van der Waals surface area contributed by atoms with E-state index < -0.39 is 12.3 Å². The Hall–Kier alpha value is -2.05. The van der Waals surface area contributed by atoms with E-state index in [0.29, 0.717) is 0 Å². The maximum absolute atomic E-state index is 12.9. The molecule has 17 heavy (non-hydrogen) atoms. The molecule has 5 nitrogen and oxygen atoms in total. The number of esters is 1. The van der Waals surface area contributed by atoms with E-state index in [1.165, 1.54) is 6.07 Å². The molecule has 0 radical (unpaired) electrons. The highest BCUT2D eigenvalue weighted by atomic mass is 19.3. The molecule has 1 aliphatic heterocycles. The second-order valence-corrected chi connectivity index (χ2v) is 3.28. The first-order valence-electron chi connectivity index (χ1n) is 4.79. The van der Waals surface area contributed by atoms with Crippen LogP contribution in [-0.2, 0) is 4.74 Å². The fourth-order valence-corrected chi connectivity index (χ4v) is 1.43. The summed E-state index contributed by atoms with van der Waals surface area (Å²) in [6.45, 7) is 1.70. The zero-order valence-corrected chi connectivity index (χ0v) is 8.83. The van der Waals surface area contributed by atoms with Crippen molar-refractivity contribution < 1.29 is 27.8 Å². The van der Waals surface area contributed by atoms with Crippen LogP contribution in [0.25, 0.3) is 0 Å². The van der Waals surface area contributed by atoms with Gasteiger partial charge in [-0.05, 0) is 13.0 Å². The molecule has 0 bridgehead atoms. The number of fused-ring (bicyclic) bond motifs is 1. The summed E-state index contributed by atoms with van der Waals surface area (Å²) in [7, 11) is 0. The molecule has 92 valence electrons. The number of hydrogen-bond donors (Lipinski definition) is 1. The number of carbonyl (C=O) groups is 1. The van der Waals surface area contributed by atoms with Crippen molar-refractivity contribution in [1.29, 1.82) is 0 Å². The molecule has 1 heterocycles. The number of alkyl halides is 2. The van der Waals surface area contributed by atoms with E-state index in [-0.39, 0.29) is 29.4 Å². The van der Waals surface area contributed by atoms with Crippen molar-refractivity contribution in [3.8, 4) is 11.5 Å². The van der Waals surface area contributed by atoms with E-state index in [9.17, 15) is 13.6 Å². The predicted molar refractivity (Wildman–Crippen MR) is 53.0 cm³/mol. The third-order valence-electron chi connectivity index (χ3n) is 2.02. The van der Waals surface area contributed by atoms with Gasteiger partial charge in [-0.2, -0.15) is 0 Å². The molecule has 1 aliphatic rings. The van der Waals surface area contributed by atoms with Crippen molar-refractivity contribution in [2.24, 2.45) is 0 Å². The minimum absolute atomic E-state index is 0.105. The Morgan fingerprint density at radius 2 is 2.18 bits per heavy atom. The molecule has 7 heteroatoms. The van der Waals surface area contributed by atoms with Crippen molar-refractivity contribution in [1.82, 2.24) is 0 Å².